The number of aryl methyl sites for hydroxylation is 1. The van der Waals surface area contributed by atoms with E-state index in [2.05, 4.69) is 5.10 Å². The van der Waals surface area contributed by atoms with E-state index in [-0.39, 0.29) is 0 Å². The Morgan fingerprint density at radius 1 is 1.29 bits per heavy atom. The third kappa shape index (κ3) is 2.52. The molecule has 1 saturated heterocycles. The van der Waals surface area contributed by atoms with Crippen molar-refractivity contribution in [3.05, 3.63) is 6.20 Å². The lowest BCUT2D eigenvalue weighted by molar-refractivity contribution is 0.386. The van der Waals surface area contributed by atoms with Gasteiger partial charge in [0, 0.05) is 39.4 Å². The average Bonchev–Trinajstić information content (AvgIpc) is 2.57. The Morgan fingerprint density at radius 3 is 2.29 bits per heavy atom. The SMILES string of the molecule is Cn1cc(N)c(N2CCN(S(C)(=O)=O)CC2)n1. The van der Waals surface area contributed by atoms with E-state index in [0.29, 0.717) is 31.9 Å². The number of anilines is 2. The molecule has 7 nitrogen and oxygen atoms in total. The molecule has 0 atom stereocenters. The normalized spacial score (nSPS) is 18.6. The third-order valence-electron chi connectivity index (χ3n) is 2.84. The van der Waals surface area contributed by atoms with Crippen molar-refractivity contribution in [3.63, 3.8) is 0 Å². The molecule has 0 unspecified atom stereocenters. The first-order valence-corrected chi connectivity index (χ1v) is 7.22. The molecule has 1 aliphatic heterocycles. The van der Waals surface area contributed by atoms with Crippen LogP contribution in [0.1, 0.15) is 0 Å². The van der Waals surface area contributed by atoms with E-state index in [0.717, 1.165) is 5.82 Å². The zero-order valence-electron chi connectivity index (χ0n) is 10.00. The van der Waals surface area contributed by atoms with Gasteiger partial charge in [0.2, 0.25) is 10.0 Å². The van der Waals surface area contributed by atoms with Crippen LogP contribution in [-0.2, 0) is 17.1 Å². The summed E-state index contributed by atoms with van der Waals surface area (Å²) in [5.74, 6) is 0.737. The second kappa shape index (κ2) is 4.19. The Kier molecular flexibility index (Phi) is 3.00. The van der Waals surface area contributed by atoms with Gasteiger partial charge >= 0.3 is 0 Å². The summed E-state index contributed by atoms with van der Waals surface area (Å²) in [7, 11) is -1.27. The molecule has 1 fully saturated rings. The van der Waals surface area contributed by atoms with Crippen LogP contribution in [-0.4, -0.2) is 54.9 Å². The minimum atomic E-state index is -3.09. The molecule has 2 heterocycles. The fourth-order valence-electron chi connectivity index (χ4n) is 1.97. The van der Waals surface area contributed by atoms with Crippen molar-refractivity contribution in [2.75, 3.05) is 43.1 Å². The second-order valence-electron chi connectivity index (χ2n) is 4.23. The van der Waals surface area contributed by atoms with Crippen LogP contribution < -0.4 is 10.6 Å². The van der Waals surface area contributed by atoms with Gasteiger partial charge in [-0.25, -0.2) is 8.42 Å². The summed E-state index contributed by atoms with van der Waals surface area (Å²) in [6.45, 7) is 2.20. The molecule has 2 rings (SSSR count). The van der Waals surface area contributed by atoms with Crippen LogP contribution >= 0.6 is 0 Å². The molecule has 0 saturated carbocycles. The fraction of sp³-hybridized carbons (Fsp3) is 0.667. The van der Waals surface area contributed by atoms with Gasteiger partial charge in [0.15, 0.2) is 5.82 Å². The van der Waals surface area contributed by atoms with Crippen LogP contribution in [0.5, 0.6) is 0 Å². The van der Waals surface area contributed by atoms with Gasteiger partial charge in [-0.1, -0.05) is 0 Å². The smallest absolute Gasteiger partial charge is 0.211 e. The number of nitrogen functional groups attached to an aromatic ring is 1. The van der Waals surface area contributed by atoms with Crippen molar-refractivity contribution in [2.45, 2.75) is 0 Å². The summed E-state index contributed by atoms with van der Waals surface area (Å²) in [6.07, 6.45) is 2.98. The predicted octanol–water partition coefficient (Wildman–Crippen LogP) is -0.916. The number of rotatable bonds is 2. The molecular weight excluding hydrogens is 242 g/mol. The first-order chi connectivity index (χ1) is 7.88. The topological polar surface area (TPSA) is 84.5 Å². The first-order valence-electron chi connectivity index (χ1n) is 5.37. The Labute approximate surface area is 101 Å². The first kappa shape index (κ1) is 12.2. The maximum absolute atomic E-state index is 11.4. The minimum Gasteiger partial charge on any atom is -0.394 e. The van der Waals surface area contributed by atoms with Crippen molar-refractivity contribution in [1.82, 2.24) is 14.1 Å². The highest BCUT2D eigenvalue weighted by Gasteiger charge is 2.25. The van der Waals surface area contributed by atoms with E-state index in [1.165, 1.54) is 10.6 Å². The fourth-order valence-corrected chi connectivity index (χ4v) is 2.80. The van der Waals surface area contributed by atoms with Crippen molar-refractivity contribution in [3.8, 4) is 0 Å². The summed E-state index contributed by atoms with van der Waals surface area (Å²) in [6, 6.07) is 0. The molecule has 8 heteroatoms. The summed E-state index contributed by atoms with van der Waals surface area (Å²) in [5.41, 5.74) is 6.46. The lowest BCUT2D eigenvalue weighted by atomic mass is 10.3. The van der Waals surface area contributed by atoms with Gasteiger partial charge in [0.1, 0.15) is 0 Å². The highest BCUT2D eigenvalue weighted by atomic mass is 32.2. The number of nitrogens with two attached hydrogens (primary N) is 1. The molecule has 17 heavy (non-hydrogen) atoms. The van der Waals surface area contributed by atoms with Crippen LogP contribution in [0, 0.1) is 0 Å². The molecule has 0 aromatic carbocycles. The molecular formula is C9H17N5O2S. The Hall–Kier alpha value is -1.28. The highest BCUT2D eigenvalue weighted by Crippen LogP contribution is 2.21. The summed E-state index contributed by atoms with van der Waals surface area (Å²) in [5, 5.41) is 4.27. The van der Waals surface area contributed by atoms with E-state index in [1.54, 1.807) is 10.9 Å². The number of sulfonamides is 1. The van der Waals surface area contributed by atoms with E-state index >= 15 is 0 Å². The molecule has 2 N–H and O–H groups in total. The Morgan fingerprint density at radius 2 is 1.88 bits per heavy atom. The van der Waals surface area contributed by atoms with E-state index < -0.39 is 10.0 Å². The van der Waals surface area contributed by atoms with Gasteiger partial charge in [-0.2, -0.15) is 9.40 Å². The Bertz CT molecular complexity index is 501. The van der Waals surface area contributed by atoms with Crippen molar-refractivity contribution < 1.29 is 8.42 Å². The standard InChI is InChI=1S/C9H17N5O2S/c1-12-7-8(10)9(11-12)13-3-5-14(6-4-13)17(2,15)16/h7H,3-6,10H2,1-2H3. The monoisotopic (exact) mass is 259 g/mol. The number of hydrogen-bond donors (Lipinski definition) is 1. The predicted molar refractivity (Wildman–Crippen MR) is 66.3 cm³/mol. The van der Waals surface area contributed by atoms with Crippen LogP contribution in [0.4, 0.5) is 11.5 Å². The summed E-state index contributed by atoms with van der Waals surface area (Å²) < 4.78 is 25.9. The molecule has 1 aromatic heterocycles. The quantitative estimate of drug-likeness (QED) is 0.743. The number of nitrogens with zero attached hydrogens (tertiary/aromatic N) is 4. The molecule has 1 aromatic rings. The number of hydrogen-bond acceptors (Lipinski definition) is 5. The molecule has 0 amide bonds. The third-order valence-corrected chi connectivity index (χ3v) is 4.15. The van der Waals surface area contributed by atoms with Gasteiger partial charge in [0.05, 0.1) is 11.9 Å². The molecule has 0 aliphatic carbocycles. The summed E-state index contributed by atoms with van der Waals surface area (Å²) in [4.78, 5) is 2.01. The lowest BCUT2D eigenvalue weighted by Crippen LogP contribution is -2.48. The van der Waals surface area contributed by atoms with E-state index in [9.17, 15) is 8.42 Å². The maximum Gasteiger partial charge on any atom is 0.211 e. The maximum atomic E-state index is 11.4. The molecule has 1 aliphatic rings. The van der Waals surface area contributed by atoms with Crippen LogP contribution in [0.15, 0.2) is 6.20 Å². The summed E-state index contributed by atoms with van der Waals surface area (Å²) >= 11 is 0. The Balaban J connectivity index is 2.07. The zero-order chi connectivity index (χ0) is 12.6. The van der Waals surface area contributed by atoms with Gasteiger partial charge in [0.25, 0.3) is 0 Å². The van der Waals surface area contributed by atoms with E-state index in [4.69, 9.17) is 5.73 Å². The average molecular weight is 259 g/mol. The highest BCUT2D eigenvalue weighted by molar-refractivity contribution is 7.88. The van der Waals surface area contributed by atoms with Crippen LogP contribution in [0.3, 0.4) is 0 Å². The van der Waals surface area contributed by atoms with E-state index in [1.807, 2.05) is 11.9 Å². The second-order valence-corrected chi connectivity index (χ2v) is 6.21. The van der Waals surface area contributed by atoms with Gasteiger partial charge in [-0.05, 0) is 0 Å². The van der Waals surface area contributed by atoms with Crippen molar-refractivity contribution in [1.29, 1.82) is 0 Å². The van der Waals surface area contributed by atoms with Crippen molar-refractivity contribution in [2.24, 2.45) is 7.05 Å². The largest absolute Gasteiger partial charge is 0.394 e. The minimum absolute atomic E-state index is 0.481. The molecule has 0 spiro atoms. The van der Waals surface area contributed by atoms with Gasteiger partial charge in [-0.15, -0.1) is 0 Å². The molecule has 0 bridgehead atoms. The van der Waals surface area contributed by atoms with Crippen LogP contribution in [0.25, 0.3) is 0 Å². The van der Waals surface area contributed by atoms with Gasteiger partial charge < -0.3 is 10.6 Å². The molecule has 0 radical (unpaired) electrons. The van der Waals surface area contributed by atoms with Gasteiger partial charge in [-0.3, -0.25) is 4.68 Å². The van der Waals surface area contributed by atoms with Crippen LogP contribution in [0.2, 0.25) is 0 Å². The number of aromatic nitrogens is 2. The number of piperazine rings is 1. The van der Waals surface area contributed by atoms with Crippen molar-refractivity contribution >= 4 is 21.5 Å². The zero-order valence-corrected chi connectivity index (χ0v) is 10.8. The molecule has 96 valence electrons. The lowest BCUT2D eigenvalue weighted by Gasteiger charge is -2.33.